The topological polar surface area (TPSA) is 111 Å². The molecule has 0 bridgehead atoms. The van der Waals surface area contributed by atoms with Crippen LogP contribution in [0.4, 0.5) is 4.79 Å². The van der Waals surface area contributed by atoms with Gasteiger partial charge in [-0.2, -0.15) is 0 Å². The lowest BCUT2D eigenvalue weighted by Gasteiger charge is -2.20. The highest BCUT2D eigenvalue weighted by Crippen LogP contribution is 2.19. The zero-order chi connectivity index (χ0) is 19.6. The van der Waals surface area contributed by atoms with Gasteiger partial charge in [0.2, 0.25) is 0 Å². The van der Waals surface area contributed by atoms with E-state index < -0.39 is 12.0 Å². The normalized spacial score (nSPS) is 20.0. The lowest BCUT2D eigenvalue weighted by atomic mass is 10.2. The molecule has 0 unspecified atom stereocenters. The van der Waals surface area contributed by atoms with E-state index in [9.17, 15) is 9.59 Å². The minimum Gasteiger partial charge on any atom is -0.497 e. The first-order chi connectivity index (χ1) is 12.9. The summed E-state index contributed by atoms with van der Waals surface area (Å²) in [6.45, 7) is 1.02. The smallest absolute Gasteiger partial charge is 0.320 e. The van der Waals surface area contributed by atoms with Crippen LogP contribution in [0.2, 0.25) is 0 Å². The molecule has 0 aliphatic carbocycles. The summed E-state index contributed by atoms with van der Waals surface area (Å²) in [4.78, 5) is 34.6. The summed E-state index contributed by atoms with van der Waals surface area (Å²) in [6, 6.07) is 4.71. The quantitative estimate of drug-likeness (QED) is 0.692. The Labute approximate surface area is 157 Å². The number of urea groups is 1. The van der Waals surface area contributed by atoms with Crippen molar-refractivity contribution in [3.63, 3.8) is 0 Å². The number of hydrogen-bond donors (Lipinski definition) is 3. The molecule has 1 aromatic heterocycles. The number of aromatic amines is 1. The van der Waals surface area contributed by atoms with Crippen molar-refractivity contribution in [1.29, 1.82) is 0 Å². The highest BCUT2D eigenvalue weighted by Gasteiger charge is 2.35. The molecule has 1 aromatic carbocycles. The molecule has 0 saturated carbocycles. The van der Waals surface area contributed by atoms with E-state index in [1.807, 2.05) is 18.2 Å². The van der Waals surface area contributed by atoms with E-state index in [4.69, 9.17) is 9.84 Å². The summed E-state index contributed by atoms with van der Waals surface area (Å²) in [6.07, 6.45) is 1.00. The Kier molecular flexibility index (Phi) is 5.50. The number of likely N-dealkylation sites (tertiary alicyclic amines) is 1. The third-order valence-corrected chi connectivity index (χ3v) is 4.93. The van der Waals surface area contributed by atoms with Gasteiger partial charge >= 0.3 is 12.0 Å². The lowest BCUT2D eigenvalue weighted by molar-refractivity contribution is -0.141. The Balaban J connectivity index is 1.52. The predicted molar refractivity (Wildman–Crippen MR) is 100.0 cm³/mol. The summed E-state index contributed by atoms with van der Waals surface area (Å²) in [5.74, 6) is 0.698. The average Bonchev–Trinajstić information content (AvgIpc) is 3.21. The van der Waals surface area contributed by atoms with Crippen molar-refractivity contribution in [2.45, 2.75) is 24.9 Å². The molecule has 3 N–H and O–H groups in total. The van der Waals surface area contributed by atoms with Gasteiger partial charge in [-0.25, -0.2) is 9.78 Å². The standard InChI is InChI=1S/C18H25N5O4/c1-22(18(26)19-11-8-15(17(24)25)23(2)10-11)7-6-16-20-13-5-4-12(27-3)9-14(13)21-16/h4-5,9,11,15H,6-8,10H2,1-3H3,(H,19,26)(H,20,21)(H,24,25)/t11-,15+/m1/s1. The van der Waals surface area contributed by atoms with Crippen molar-refractivity contribution in [2.75, 3.05) is 34.3 Å². The van der Waals surface area contributed by atoms with Gasteiger partial charge < -0.3 is 25.0 Å². The fraction of sp³-hybridized carbons (Fsp3) is 0.500. The van der Waals surface area contributed by atoms with Gasteiger partial charge in [-0.15, -0.1) is 0 Å². The second-order valence-corrected chi connectivity index (χ2v) is 6.91. The first kappa shape index (κ1) is 19.0. The molecular weight excluding hydrogens is 350 g/mol. The second-order valence-electron chi connectivity index (χ2n) is 6.91. The van der Waals surface area contributed by atoms with E-state index in [1.54, 1.807) is 31.0 Å². The maximum atomic E-state index is 12.4. The maximum Gasteiger partial charge on any atom is 0.320 e. The number of methoxy groups -OCH3 is 1. The van der Waals surface area contributed by atoms with E-state index in [0.29, 0.717) is 25.9 Å². The second kappa shape index (κ2) is 7.83. The van der Waals surface area contributed by atoms with Crippen LogP contribution in [0.3, 0.4) is 0 Å². The van der Waals surface area contributed by atoms with Gasteiger partial charge in [-0.3, -0.25) is 9.69 Å². The van der Waals surface area contributed by atoms with Crippen molar-refractivity contribution < 1.29 is 19.4 Å². The molecule has 0 spiro atoms. The molecule has 9 heteroatoms. The summed E-state index contributed by atoms with van der Waals surface area (Å²) >= 11 is 0. The molecule has 3 rings (SSSR count). The number of nitrogens with one attached hydrogen (secondary N) is 2. The molecule has 146 valence electrons. The van der Waals surface area contributed by atoms with E-state index in [-0.39, 0.29) is 12.1 Å². The first-order valence-corrected chi connectivity index (χ1v) is 8.84. The number of nitrogens with zero attached hydrogens (tertiary/aromatic N) is 3. The number of imidazole rings is 1. The van der Waals surface area contributed by atoms with Crippen LogP contribution in [-0.4, -0.2) is 83.3 Å². The molecule has 2 atom stereocenters. The Morgan fingerprint density at radius 3 is 2.93 bits per heavy atom. The fourth-order valence-corrected chi connectivity index (χ4v) is 3.34. The number of H-pyrrole nitrogens is 1. The molecule has 1 aliphatic rings. The first-order valence-electron chi connectivity index (χ1n) is 8.84. The van der Waals surface area contributed by atoms with Crippen molar-refractivity contribution in [1.82, 2.24) is 25.1 Å². The Morgan fingerprint density at radius 2 is 2.26 bits per heavy atom. The summed E-state index contributed by atoms with van der Waals surface area (Å²) in [7, 11) is 5.09. The number of hydrogen-bond acceptors (Lipinski definition) is 5. The largest absolute Gasteiger partial charge is 0.497 e. The molecule has 2 heterocycles. The van der Waals surface area contributed by atoms with Crippen LogP contribution in [0, 0.1) is 0 Å². The van der Waals surface area contributed by atoms with Crippen molar-refractivity contribution >= 4 is 23.0 Å². The maximum absolute atomic E-state index is 12.4. The minimum absolute atomic E-state index is 0.162. The van der Waals surface area contributed by atoms with Crippen LogP contribution in [-0.2, 0) is 11.2 Å². The molecule has 1 aliphatic heterocycles. The molecular formula is C18H25N5O4. The number of amides is 2. The van der Waals surface area contributed by atoms with Gasteiger partial charge in [-0.05, 0) is 25.6 Å². The van der Waals surface area contributed by atoms with E-state index >= 15 is 0 Å². The van der Waals surface area contributed by atoms with Crippen LogP contribution in [0.1, 0.15) is 12.2 Å². The number of fused-ring (bicyclic) bond motifs is 1. The van der Waals surface area contributed by atoms with Crippen LogP contribution >= 0.6 is 0 Å². The average molecular weight is 375 g/mol. The van der Waals surface area contributed by atoms with Gasteiger partial charge in [0.05, 0.1) is 18.1 Å². The Hall–Kier alpha value is -2.81. The third kappa shape index (κ3) is 4.30. The number of carbonyl (C=O) groups excluding carboxylic acids is 1. The Bertz CT molecular complexity index is 836. The fourth-order valence-electron chi connectivity index (χ4n) is 3.34. The number of benzene rings is 1. The van der Waals surface area contributed by atoms with E-state index in [0.717, 1.165) is 22.6 Å². The number of aliphatic carboxylic acids is 1. The number of carboxylic acid groups (broad SMARTS) is 1. The van der Waals surface area contributed by atoms with Gasteiger partial charge in [0.25, 0.3) is 0 Å². The number of aromatic nitrogens is 2. The molecule has 2 amide bonds. The molecule has 1 fully saturated rings. The number of likely N-dealkylation sites (N-methyl/N-ethyl adjacent to an activating group) is 2. The number of carbonyl (C=O) groups is 2. The van der Waals surface area contributed by atoms with Crippen LogP contribution in [0.15, 0.2) is 18.2 Å². The summed E-state index contributed by atoms with van der Waals surface area (Å²) in [5, 5.41) is 12.1. The number of carboxylic acids is 1. The Morgan fingerprint density at radius 1 is 1.48 bits per heavy atom. The summed E-state index contributed by atoms with van der Waals surface area (Å²) < 4.78 is 5.21. The van der Waals surface area contributed by atoms with E-state index in [2.05, 4.69) is 15.3 Å². The highest BCUT2D eigenvalue weighted by atomic mass is 16.5. The van der Waals surface area contributed by atoms with Crippen molar-refractivity contribution in [3.05, 3.63) is 24.0 Å². The van der Waals surface area contributed by atoms with Gasteiger partial charge in [0.15, 0.2) is 0 Å². The molecule has 9 nitrogen and oxygen atoms in total. The van der Waals surface area contributed by atoms with E-state index in [1.165, 1.54) is 0 Å². The third-order valence-electron chi connectivity index (χ3n) is 4.93. The number of rotatable bonds is 6. The van der Waals surface area contributed by atoms with Crippen LogP contribution < -0.4 is 10.1 Å². The van der Waals surface area contributed by atoms with Crippen LogP contribution in [0.25, 0.3) is 11.0 Å². The minimum atomic E-state index is -0.857. The lowest BCUT2D eigenvalue weighted by Crippen LogP contribution is -2.44. The SMILES string of the molecule is COc1ccc2nc(CCN(C)C(=O)N[C@@H]3C[C@@H](C(=O)O)N(C)C3)[nH]c2c1. The molecule has 1 saturated heterocycles. The molecule has 0 radical (unpaired) electrons. The predicted octanol–water partition coefficient (Wildman–Crippen LogP) is 0.913. The molecule has 27 heavy (non-hydrogen) atoms. The van der Waals surface area contributed by atoms with Gasteiger partial charge in [-0.1, -0.05) is 0 Å². The monoisotopic (exact) mass is 375 g/mol. The highest BCUT2D eigenvalue weighted by molar-refractivity contribution is 5.77. The van der Waals surface area contributed by atoms with Gasteiger partial charge in [0.1, 0.15) is 17.6 Å². The van der Waals surface area contributed by atoms with Gasteiger partial charge in [0, 0.05) is 38.7 Å². The summed E-state index contributed by atoms with van der Waals surface area (Å²) in [5.41, 5.74) is 1.75. The number of ether oxygens (including phenoxy) is 1. The van der Waals surface area contributed by atoms with Crippen molar-refractivity contribution in [3.8, 4) is 5.75 Å². The molecule has 2 aromatic rings. The van der Waals surface area contributed by atoms with Crippen LogP contribution in [0.5, 0.6) is 5.75 Å². The van der Waals surface area contributed by atoms with Crippen molar-refractivity contribution in [2.24, 2.45) is 0 Å². The zero-order valence-electron chi connectivity index (χ0n) is 15.7. The zero-order valence-corrected chi connectivity index (χ0v) is 15.7.